The molecule has 0 unspecified atom stereocenters. The number of carbonyl (C=O) groups is 2. The Morgan fingerprint density at radius 2 is 1.70 bits per heavy atom. The summed E-state index contributed by atoms with van der Waals surface area (Å²) in [7, 11) is 1.37. The van der Waals surface area contributed by atoms with Crippen molar-refractivity contribution in [2.45, 2.75) is 32.1 Å². The van der Waals surface area contributed by atoms with E-state index in [2.05, 4.69) is 9.88 Å². The van der Waals surface area contributed by atoms with Crippen LogP contribution in [0.3, 0.4) is 0 Å². The van der Waals surface area contributed by atoms with Crippen molar-refractivity contribution in [2.24, 2.45) is 0 Å². The molecule has 0 radical (unpaired) electrons. The van der Waals surface area contributed by atoms with Crippen molar-refractivity contribution in [3.63, 3.8) is 0 Å². The maximum atomic E-state index is 12.9. The number of anilines is 2. The predicted octanol–water partition coefficient (Wildman–Crippen LogP) is 3.81. The number of amides is 1. The highest BCUT2D eigenvalue weighted by molar-refractivity contribution is 5.95. The van der Waals surface area contributed by atoms with Crippen molar-refractivity contribution in [3.05, 3.63) is 47.7 Å². The quantitative estimate of drug-likeness (QED) is 0.718. The van der Waals surface area contributed by atoms with Crippen LogP contribution in [0.15, 0.2) is 36.5 Å². The molecule has 0 bridgehead atoms. The number of rotatable bonds is 3. The standard InChI is InChI=1S/C23H27N3O4/c1-29-23(28)17-7-9-19(10-8-17)26-13-5-6-14-30-20-15-18(16-24-21(20)26)22(27)25-11-3-2-4-12-25/h7-10,15-16H,2-6,11-14H2,1H3. The Bertz CT molecular complexity index is 907. The Morgan fingerprint density at radius 3 is 2.43 bits per heavy atom. The maximum Gasteiger partial charge on any atom is 0.337 e. The predicted molar refractivity (Wildman–Crippen MR) is 114 cm³/mol. The molecule has 0 atom stereocenters. The molecule has 7 nitrogen and oxygen atoms in total. The topological polar surface area (TPSA) is 72.0 Å². The normalized spacial score (nSPS) is 16.7. The number of piperidine rings is 1. The van der Waals surface area contributed by atoms with E-state index < -0.39 is 0 Å². The van der Waals surface area contributed by atoms with E-state index in [1.165, 1.54) is 13.5 Å². The minimum absolute atomic E-state index is 0.0182. The zero-order valence-electron chi connectivity index (χ0n) is 17.3. The minimum atomic E-state index is -0.364. The van der Waals surface area contributed by atoms with Gasteiger partial charge in [-0.15, -0.1) is 0 Å². The zero-order valence-corrected chi connectivity index (χ0v) is 17.3. The van der Waals surface area contributed by atoms with E-state index >= 15 is 0 Å². The van der Waals surface area contributed by atoms with E-state index in [1.54, 1.807) is 18.3 Å². The van der Waals surface area contributed by atoms with Gasteiger partial charge in [0, 0.05) is 31.5 Å². The molecule has 3 heterocycles. The monoisotopic (exact) mass is 409 g/mol. The Hall–Kier alpha value is -3.09. The number of carbonyl (C=O) groups excluding carboxylic acids is 2. The molecule has 1 fully saturated rings. The van der Waals surface area contributed by atoms with Gasteiger partial charge in [-0.25, -0.2) is 9.78 Å². The number of aromatic nitrogens is 1. The summed E-state index contributed by atoms with van der Waals surface area (Å²) in [6.07, 6.45) is 6.80. The first-order valence-corrected chi connectivity index (χ1v) is 10.6. The fourth-order valence-corrected chi connectivity index (χ4v) is 3.95. The van der Waals surface area contributed by atoms with E-state index in [0.717, 1.165) is 51.0 Å². The summed E-state index contributed by atoms with van der Waals surface area (Å²) >= 11 is 0. The number of ether oxygens (including phenoxy) is 2. The summed E-state index contributed by atoms with van der Waals surface area (Å²) in [6.45, 7) is 2.98. The van der Waals surface area contributed by atoms with Crippen LogP contribution in [-0.2, 0) is 4.74 Å². The van der Waals surface area contributed by atoms with Gasteiger partial charge in [-0.1, -0.05) is 0 Å². The number of likely N-dealkylation sites (tertiary alicyclic amines) is 1. The molecule has 30 heavy (non-hydrogen) atoms. The summed E-state index contributed by atoms with van der Waals surface area (Å²) in [5, 5.41) is 0. The van der Waals surface area contributed by atoms with Crippen LogP contribution in [0.1, 0.15) is 52.8 Å². The third kappa shape index (κ3) is 4.25. The van der Waals surface area contributed by atoms with Crippen molar-refractivity contribution in [3.8, 4) is 5.75 Å². The van der Waals surface area contributed by atoms with E-state index in [1.807, 2.05) is 23.1 Å². The van der Waals surface area contributed by atoms with Crippen LogP contribution in [0.25, 0.3) is 0 Å². The SMILES string of the molecule is COC(=O)c1ccc(N2CCCCOc3cc(C(=O)N4CCCCC4)cnc32)cc1. The smallest absolute Gasteiger partial charge is 0.337 e. The molecule has 7 heteroatoms. The second-order valence-corrected chi connectivity index (χ2v) is 7.64. The zero-order chi connectivity index (χ0) is 20.9. The van der Waals surface area contributed by atoms with Crippen LogP contribution in [0.2, 0.25) is 0 Å². The van der Waals surface area contributed by atoms with Gasteiger partial charge in [0.25, 0.3) is 5.91 Å². The molecule has 2 aliphatic rings. The molecule has 2 aliphatic heterocycles. The summed E-state index contributed by atoms with van der Waals surface area (Å²) in [6, 6.07) is 9.07. The molecule has 1 aromatic carbocycles. The van der Waals surface area contributed by atoms with E-state index in [4.69, 9.17) is 9.47 Å². The van der Waals surface area contributed by atoms with Crippen LogP contribution in [0.4, 0.5) is 11.5 Å². The third-order valence-electron chi connectivity index (χ3n) is 5.61. The number of nitrogens with zero attached hydrogens (tertiary/aromatic N) is 3. The first kappa shape index (κ1) is 20.2. The summed E-state index contributed by atoms with van der Waals surface area (Å²) < 4.78 is 10.8. The van der Waals surface area contributed by atoms with Gasteiger partial charge in [0.1, 0.15) is 0 Å². The fourth-order valence-electron chi connectivity index (χ4n) is 3.95. The van der Waals surface area contributed by atoms with E-state index in [-0.39, 0.29) is 11.9 Å². The first-order valence-electron chi connectivity index (χ1n) is 10.6. The average Bonchev–Trinajstić information content (AvgIpc) is 2.79. The molecule has 0 aliphatic carbocycles. The Morgan fingerprint density at radius 1 is 0.967 bits per heavy atom. The van der Waals surface area contributed by atoms with Crippen molar-refractivity contribution in [1.82, 2.24) is 9.88 Å². The number of benzene rings is 1. The Balaban J connectivity index is 1.63. The fraction of sp³-hybridized carbons (Fsp3) is 0.435. The van der Waals surface area contributed by atoms with Crippen LogP contribution in [-0.4, -0.2) is 55.1 Å². The van der Waals surface area contributed by atoms with Crippen molar-refractivity contribution in [2.75, 3.05) is 38.3 Å². The molecule has 1 amide bonds. The van der Waals surface area contributed by atoms with Gasteiger partial charge in [0.2, 0.25) is 0 Å². The molecule has 158 valence electrons. The maximum absolute atomic E-state index is 12.9. The largest absolute Gasteiger partial charge is 0.490 e. The summed E-state index contributed by atoms with van der Waals surface area (Å²) in [5.74, 6) is 0.965. The first-order chi connectivity index (χ1) is 14.7. The molecule has 2 aromatic rings. The van der Waals surface area contributed by atoms with E-state index in [0.29, 0.717) is 29.3 Å². The lowest BCUT2D eigenvalue weighted by Crippen LogP contribution is -2.35. The van der Waals surface area contributed by atoms with Gasteiger partial charge in [0.05, 0.1) is 24.8 Å². The molecule has 0 spiro atoms. The van der Waals surface area contributed by atoms with Gasteiger partial charge in [-0.3, -0.25) is 4.79 Å². The van der Waals surface area contributed by atoms with Crippen LogP contribution in [0.5, 0.6) is 5.75 Å². The van der Waals surface area contributed by atoms with Gasteiger partial charge >= 0.3 is 5.97 Å². The molecular weight excluding hydrogens is 382 g/mol. The Labute approximate surface area is 176 Å². The third-order valence-corrected chi connectivity index (χ3v) is 5.61. The second kappa shape index (κ2) is 9.15. The highest BCUT2D eigenvalue weighted by Crippen LogP contribution is 2.35. The molecule has 1 aromatic heterocycles. The van der Waals surface area contributed by atoms with Gasteiger partial charge in [-0.2, -0.15) is 0 Å². The molecule has 4 rings (SSSR count). The number of pyridine rings is 1. The van der Waals surface area contributed by atoms with Gasteiger partial charge in [0.15, 0.2) is 11.6 Å². The Kier molecular flexibility index (Phi) is 6.16. The lowest BCUT2D eigenvalue weighted by molar-refractivity contribution is 0.0600. The average molecular weight is 409 g/mol. The summed E-state index contributed by atoms with van der Waals surface area (Å²) in [4.78, 5) is 33.2. The van der Waals surface area contributed by atoms with Crippen molar-refractivity contribution in [1.29, 1.82) is 0 Å². The number of hydrogen-bond acceptors (Lipinski definition) is 6. The van der Waals surface area contributed by atoms with E-state index in [9.17, 15) is 9.59 Å². The molecule has 1 saturated heterocycles. The minimum Gasteiger partial charge on any atom is -0.490 e. The van der Waals surface area contributed by atoms with Gasteiger partial charge < -0.3 is 19.3 Å². The van der Waals surface area contributed by atoms with Crippen molar-refractivity contribution >= 4 is 23.4 Å². The lowest BCUT2D eigenvalue weighted by atomic mass is 10.1. The second-order valence-electron chi connectivity index (χ2n) is 7.64. The molecule has 0 N–H and O–H groups in total. The number of hydrogen-bond donors (Lipinski definition) is 0. The van der Waals surface area contributed by atoms with Crippen LogP contribution < -0.4 is 9.64 Å². The number of fused-ring (bicyclic) bond motifs is 1. The molecular formula is C23H27N3O4. The number of esters is 1. The van der Waals surface area contributed by atoms with Crippen molar-refractivity contribution < 1.29 is 19.1 Å². The van der Waals surface area contributed by atoms with Gasteiger partial charge in [-0.05, 0) is 62.4 Å². The lowest BCUT2D eigenvalue weighted by Gasteiger charge is -2.29. The number of methoxy groups -OCH3 is 1. The van der Waals surface area contributed by atoms with Crippen LogP contribution >= 0.6 is 0 Å². The highest BCUT2D eigenvalue weighted by Gasteiger charge is 2.23. The molecule has 0 saturated carbocycles. The van der Waals surface area contributed by atoms with Crippen LogP contribution in [0, 0.1) is 0 Å². The highest BCUT2D eigenvalue weighted by atomic mass is 16.5. The summed E-state index contributed by atoms with van der Waals surface area (Å²) in [5.41, 5.74) is 1.98.